The number of nitrogens with two attached hydrogens (primary N) is 1. The second-order valence-electron chi connectivity index (χ2n) is 4.90. The first-order chi connectivity index (χ1) is 8.58. The topological polar surface area (TPSA) is 62.3 Å². The Labute approximate surface area is 108 Å². The van der Waals surface area contributed by atoms with Gasteiger partial charge in [0.25, 0.3) is 0 Å². The van der Waals surface area contributed by atoms with Crippen molar-refractivity contribution in [3.05, 3.63) is 29.3 Å². The molecule has 0 saturated carbocycles. The van der Waals surface area contributed by atoms with E-state index in [1.165, 1.54) is 5.69 Å². The lowest BCUT2D eigenvalue weighted by Gasteiger charge is -2.26. The van der Waals surface area contributed by atoms with Crippen molar-refractivity contribution in [3.63, 3.8) is 0 Å². The molecule has 4 nitrogen and oxygen atoms in total. The lowest BCUT2D eigenvalue weighted by atomic mass is 10.1. The fourth-order valence-electron chi connectivity index (χ4n) is 2.39. The first kappa shape index (κ1) is 12.9. The van der Waals surface area contributed by atoms with E-state index in [0.717, 1.165) is 37.2 Å². The molecule has 0 amide bonds. The number of hydrogen-bond donors (Lipinski definition) is 2. The molecular weight excluding hydrogens is 226 g/mol. The maximum absolute atomic E-state index is 7.46. The molecule has 0 aliphatic carbocycles. The highest BCUT2D eigenvalue weighted by molar-refractivity contribution is 5.95. The van der Waals surface area contributed by atoms with Crippen LogP contribution in [-0.2, 0) is 4.74 Å². The van der Waals surface area contributed by atoms with Crippen molar-refractivity contribution >= 4 is 11.5 Å². The summed E-state index contributed by atoms with van der Waals surface area (Å²) < 4.78 is 5.66. The van der Waals surface area contributed by atoms with Gasteiger partial charge in [-0.2, -0.15) is 0 Å². The second kappa shape index (κ2) is 5.40. The molecule has 0 spiro atoms. The van der Waals surface area contributed by atoms with Gasteiger partial charge in [-0.15, -0.1) is 0 Å². The number of ether oxygens (including phenoxy) is 1. The smallest absolute Gasteiger partial charge is 0.122 e. The Bertz CT molecular complexity index is 445. The molecule has 1 unspecified atom stereocenters. The van der Waals surface area contributed by atoms with Gasteiger partial charge >= 0.3 is 0 Å². The Morgan fingerprint density at radius 3 is 2.94 bits per heavy atom. The number of benzene rings is 1. The molecule has 1 atom stereocenters. The lowest BCUT2D eigenvalue weighted by Crippen LogP contribution is -2.30. The molecule has 18 heavy (non-hydrogen) atoms. The molecule has 1 saturated heterocycles. The molecule has 98 valence electrons. The minimum Gasteiger partial charge on any atom is -0.384 e. The number of rotatable bonds is 2. The molecule has 1 aliphatic rings. The predicted molar refractivity (Wildman–Crippen MR) is 74.4 cm³/mol. The van der Waals surface area contributed by atoms with E-state index in [-0.39, 0.29) is 11.9 Å². The maximum Gasteiger partial charge on any atom is 0.122 e. The number of amidine groups is 1. The van der Waals surface area contributed by atoms with Gasteiger partial charge in [-0.25, -0.2) is 0 Å². The molecule has 1 aliphatic heterocycles. The van der Waals surface area contributed by atoms with Crippen LogP contribution in [0.25, 0.3) is 0 Å². The van der Waals surface area contributed by atoms with Gasteiger partial charge in [0.15, 0.2) is 0 Å². The van der Waals surface area contributed by atoms with Gasteiger partial charge in [-0.05, 0) is 44.0 Å². The van der Waals surface area contributed by atoms with E-state index >= 15 is 0 Å². The number of anilines is 1. The van der Waals surface area contributed by atoms with Gasteiger partial charge in [0.05, 0.1) is 6.10 Å². The van der Waals surface area contributed by atoms with Crippen LogP contribution in [-0.4, -0.2) is 31.6 Å². The van der Waals surface area contributed by atoms with Crippen molar-refractivity contribution in [2.45, 2.75) is 26.4 Å². The van der Waals surface area contributed by atoms with Crippen molar-refractivity contribution in [2.24, 2.45) is 5.73 Å². The highest BCUT2D eigenvalue weighted by atomic mass is 16.5. The average Bonchev–Trinajstić information content (AvgIpc) is 2.53. The van der Waals surface area contributed by atoms with Gasteiger partial charge in [0, 0.05) is 30.9 Å². The van der Waals surface area contributed by atoms with Crippen LogP contribution in [0.15, 0.2) is 18.2 Å². The van der Waals surface area contributed by atoms with Crippen molar-refractivity contribution in [3.8, 4) is 0 Å². The molecule has 1 fully saturated rings. The Hall–Kier alpha value is -1.55. The van der Waals surface area contributed by atoms with Crippen molar-refractivity contribution in [1.82, 2.24) is 0 Å². The highest BCUT2D eigenvalue weighted by Gasteiger charge is 2.17. The lowest BCUT2D eigenvalue weighted by molar-refractivity contribution is 0.0821. The van der Waals surface area contributed by atoms with Crippen molar-refractivity contribution in [1.29, 1.82) is 5.41 Å². The van der Waals surface area contributed by atoms with E-state index in [1.54, 1.807) is 0 Å². The minimum atomic E-state index is 0.122. The SMILES string of the molecule is Cc1cc(C(=N)N)ccc1N1CCCOC(C)C1. The molecule has 2 rings (SSSR count). The van der Waals surface area contributed by atoms with E-state index < -0.39 is 0 Å². The van der Waals surface area contributed by atoms with Crippen LogP contribution in [0.3, 0.4) is 0 Å². The monoisotopic (exact) mass is 247 g/mol. The highest BCUT2D eigenvalue weighted by Crippen LogP contribution is 2.23. The van der Waals surface area contributed by atoms with E-state index in [0.29, 0.717) is 0 Å². The standard InChI is InChI=1S/C14H21N3O/c1-10-8-12(14(15)16)4-5-13(10)17-6-3-7-18-11(2)9-17/h4-5,8,11H,3,6-7,9H2,1-2H3,(H3,15,16). The summed E-state index contributed by atoms with van der Waals surface area (Å²) in [5, 5.41) is 7.46. The zero-order valence-electron chi connectivity index (χ0n) is 11.1. The molecule has 0 radical (unpaired) electrons. The Balaban J connectivity index is 2.24. The molecule has 1 aromatic carbocycles. The fraction of sp³-hybridized carbons (Fsp3) is 0.500. The van der Waals surface area contributed by atoms with Crippen LogP contribution in [0.5, 0.6) is 0 Å². The van der Waals surface area contributed by atoms with Crippen LogP contribution < -0.4 is 10.6 Å². The van der Waals surface area contributed by atoms with E-state index in [4.69, 9.17) is 15.9 Å². The molecule has 0 bridgehead atoms. The largest absolute Gasteiger partial charge is 0.384 e. The summed E-state index contributed by atoms with van der Waals surface area (Å²) in [4.78, 5) is 2.36. The van der Waals surface area contributed by atoms with Gasteiger partial charge in [-0.3, -0.25) is 5.41 Å². The van der Waals surface area contributed by atoms with Crippen LogP contribution in [0.1, 0.15) is 24.5 Å². The molecule has 1 heterocycles. The predicted octanol–water partition coefficient (Wildman–Crippen LogP) is 1.89. The normalized spacial score (nSPS) is 20.6. The maximum atomic E-state index is 7.46. The summed E-state index contributed by atoms with van der Waals surface area (Å²) in [6.07, 6.45) is 1.32. The van der Waals surface area contributed by atoms with Crippen LogP contribution >= 0.6 is 0 Å². The van der Waals surface area contributed by atoms with Crippen molar-refractivity contribution in [2.75, 3.05) is 24.6 Å². The Kier molecular flexibility index (Phi) is 3.87. The Morgan fingerprint density at radius 2 is 2.28 bits per heavy atom. The number of hydrogen-bond acceptors (Lipinski definition) is 3. The van der Waals surface area contributed by atoms with Crippen LogP contribution in [0.4, 0.5) is 5.69 Å². The summed E-state index contributed by atoms with van der Waals surface area (Å²) in [5.41, 5.74) is 8.68. The van der Waals surface area contributed by atoms with E-state index in [2.05, 4.69) is 24.8 Å². The molecule has 0 aromatic heterocycles. The van der Waals surface area contributed by atoms with Crippen LogP contribution in [0.2, 0.25) is 0 Å². The average molecular weight is 247 g/mol. The minimum absolute atomic E-state index is 0.122. The van der Waals surface area contributed by atoms with E-state index in [1.807, 2.05) is 12.1 Å². The quantitative estimate of drug-likeness (QED) is 0.619. The van der Waals surface area contributed by atoms with Crippen LogP contribution in [0, 0.1) is 12.3 Å². The second-order valence-corrected chi connectivity index (χ2v) is 4.90. The zero-order valence-corrected chi connectivity index (χ0v) is 11.1. The van der Waals surface area contributed by atoms with Gasteiger partial charge < -0.3 is 15.4 Å². The number of nitrogen functional groups attached to an aromatic ring is 1. The molecule has 1 aromatic rings. The zero-order chi connectivity index (χ0) is 13.1. The molecular formula is C14H21N3O. The summed E-state index contributed by atoms with van der Waals surface area (Å²) >= 11 is 0. The number of aryl methyl sites for hydroxylation is 1. The van der Waals surface area contributed by atoms with Crippen molar-refractivity contribution < 1.29 is 4.74 Å². The number of nitrogens with one attached hydrogen (secondary N) is 1. The summed E-state index contributed by atoms with van der Waals surface area (Å²) in [7, 11) is 0. The Morgan fingerprint density at radius 1 is 1.50 bits per heavy atom. The first-order valence-corrected chi connectivity index (χ1v) is 6.39. The fourth-order valence-corrected chi connectivity index (χ4v) is 2.39. The summed E-state index contributed by atoms with van der Waals surface area (Å²) in [6.45, 7) is 6.95. The number of nitrogens with zero attached hydrogens (tertiary/aromatic N) is 1. The molecule has 3 N–H and O–H groups in total. The summed E-state index contributed by atoms with van der Waals surface area (Å²) in [5.74, 6) is 0.122. The first-order valence-electron chi connectivity index (χ1n) is 6.39. The van der Waals surface area contributed by atoms with Gasteiger partial charge in [-0.1, -0.05) is 0 Å². The van der Waals surface area contributed by atoms with Gasteiger partial charge in [0.1, 0.15) is 5.84 Å². The molecule has 4 heteroatoms. The third-order valence-electron chi connectivity index (χ3n) is 3.30. The van der Waals surface area contributed by atoms with E-state index in [9.17, 15) is 0 Å². The third kappa shape index (κ3) is 2.82. The third-order valence-corrected chi connectivity index (χ3v) is 3.30. The summed E-state index contributed by atoms with van der Waals surface area (Å²) in [6, 6.07) is 5.96. The van der Waals surface area contributed by atoms with Gasteiger partial charge in [0.2, 0.25) is 0 Å².